The molecule has 1 heterocycles. The molecule has 1 aromatic rings. The highest BCUT2D eigenvalue weighted by atomic mass is 32.2. The second-order valence-electron chi connectivity index (χ2n) is 3.13. The first-order valence-corrected chi connectivity index (χ1v) is 6.08. The number of hydrogen-bond donors (Lipinski definition) is 1. The Morgan fingerprint density at radius 1 is 1.33 bits per heavy atom. The topological polar surface area (TPSA) is 59.9 Å². The van der Waals surface area contributed by atoms with E-state index in [-0.39, 0.29) is 6.10 Å². The van der Waals surface area contributed by atoms with Gasteiger partial charge in [0.2, 0.25) is 5.95 Å². The monoisotopic (exact) mass is 228 g/mol. The molecule has 5 nitrogen and oxygen atoms in total. The van der Waals surface area contributed by atoms with Crippen molar-refractivity contribution in [2.24, 2.45) is 0 Å². The zero-order valence-electron chi connectivity index (χ0n) is 9.44. The van der Waals surface area contributed by atoms with Crippen LogP contribution in [-0.4, -0.2) is 33.9 Å². The smallest absolute Gasteiger partial charge is 0.322 e. The first-order valence-electron chi connectivity index (χ1n) is 4.86. The lowest BCUT2D eigenvalue weighted by Gasteiger charge is -2.09. The van der Waals surface area contributed by atoms with Crippen molar-refractivity contribution in [3.05, 3.63) is 0 Å². The molecule has 0 saturated carbocycles. The zero-order valence-corrected chi connectivity index (χ0v) is 10.3. The van der Waals surface area contributed by atoms with Crippen LogP contribution in [0.2, 0.25) is 0 Å². The number of nitrogens with one attached hydrogen (secondary N) is 1. The van der Waals surface area contributed by atoms with Crippen LogP contribution >= 0.6 is 11.8 Å². The second-order valence-corrected chi connectivity index (χ2v) is 3.90. The van der Waals surface area contributed by atoms with Gasteiger partial charge in [-0.05, 0) is 27.0 Å². The number of anilines is 1. The molecule has 1 N–H and O–H groups in total. The van der Waals surface area contributed by atoms with Gasteiger partial charge in [-0.1, -0.05) is 11.8 Å². The molecule has 0 aliphatic rings. The van der Waals surface area contributed by atoms with E-state index in [1.807, 2.05) is 27.0 Å². The van der Waals surface area contributed by atoms with E-state index in [4.69, 9.17) is 4.74 Å². The van der Waals surface area contributed by atoms with Crippen LogP contribution in [0.3, 0.4) is 0 Å². The maximum atomic E-state index is 5.43. The Balaban J connectivity index is 2.89. The van der Waals surface area contributed by atoms with Crippen molar-refractivity contribution in [2.75, 3.05) is 18.1 Å². The molecular formula is C9H16N4OS. The van der Waals surface area contributed by atoms with Gasteiger partial charge < -0.3 is 10.1 Å². The summed E-state index contributed by atoms with van der Waals surface area (Å²) in [7, 11) is 0. The van der Waals surface area contributed by atoms with Crippen molar-refractivity contribution in [3.63, 3.8) is 0 Å². The first kappa shape index (κ1) is 12.0. The van der Waals surface area contributed by atoms with E-state index in [1.165, 1.54) is 11.8 Å². The molecule has 0 bridgehead atoms. The Morgan fingerprint density at radius 3 is 2.60 bits per heavy atom. The lowest BCUT2D eigenvalue weighted by Crippen LogP contribution is -2.11. The zero-order chi connectivity index (χ0) is 11.3. The standard InChI is InChI=1S/C9H16N4OS/c1-5-10-7-11-8(14-6(2)3)13-9(12-7)15-4/h6H,5H2,1-4H3,(H,10,11,12,13). The van der Waals surface area contributed by atoms with E-state index >= 15 is 0 Å². The van der Waals surface area contributed by atoms with E-state index in [2.05, 4.69) is 20.3 Å². The van der Waals surface area contributed by atoms with Crippen LogP contribution in [0.4, 0.5) is 5.95 Å². The van der Waals surface area contributed by atoms with Gasteiger partial charge in [0.1, 0.15) is 0 Å². The van der Waals surface area contributed by atoms with Crippen molar-refractivity contribution < 1.29 is 4.74 Å². The van der Waals surface area contributed by atoms with Gasteiger partial charge >= 0.3 is 6.01 Å². The molecule has 1 rings (SSSR count). The average molecular weight is 228 g/mol. The van der Waals surface area contributed by atoms with Crippen LogP contribution in [0.5, 0.6) is 6.01 Å². The molecule has 0 unspecified atom stereocenters. The highest BCUT2D eigenvalue weighted by Crippen LogP contribution is 2.15. The second kappa shape index (κ2) is 5.75. The fourth-order valence-corrected chi connectivity index (χ4v) is 1.28. The Hall–Kier alpha value is -1.04. The maximum absolute atomic E-state index is 5.43. The van der Waals surface area contributed by atoms with Gasteiger partial charge in [0, 0.05) is 6.54 Å². The summed E-state index contributed by atoms with van der Waals surface area (Å²) in [5, 5.41) is 3.70. The van der Waals surface area contributed by atoms with Crippen molar-refractivity contribution in [1.29, 1.82) is 0 Å². The normalized spacial score (nSPS) is 10.5. The number of aromatic nitrogens is 3. The van der Waals surface area contributed by atoms with Crippen LogP contribution in [0.1, 0.15) is 20.8 Å². The van der Waals surface area contributed by atoms with E-state index in [1.54, 1.807) is 0 Å². The van der Waals surface area contributed by atoms with Gasteiger partial charge in [-0.3, -0.25) is 0 Å². The molecule has 0 fully saturated rings. The lowest BCUT2D eigenvalue weighted by atomic mass is 10.5. The molecule has 0 atom stereocenters. The minimum atomic E-state index is 0.0663. The average Bonchev–Trinajstić information content (AvgIpc) is 2.16. The van der Waals surface area contributed by atoms with Crippen LogP contribution in [0.25, 0.3) is 0 Å². The third-order valence-corrected chi connectivity index (χ3v) is 2.00. The van der Waals surface area contributed by atoms with Gasteiger partial charge in [-0.2, -0.15) is 15.0 Å². The summed E-state index contributed by atoms with van der Waals surface area (Å²) < 4.78 is 5.43. The third kappa shape index (κ3) is 3.91. The van der Waals surface area contributed by atoms with E-state index in [0.717, 1.165) is 6.54 Å². The summed E-state index contributed by atoms with van der Waals surface area (Å²) in [6.07, 6.45) is 1.99. The van der Waals surface area contributed by atoms with Crippen LogP contribution in [0.15, 0.2) is 5.16 Å². The first-order chi connectivity index (χ1) is 7.15. The van der Waals surface area contributed by atoms with Gasteiger partial charge in [0.05, 0.1) is 6.10 Å². The minimum Gasteiger partial charge on any atom is -0.461 e. The third-order valence-electron chi connectivity index (χ3n) is 1.45. The summed E-state index contributed by atoms with van der Waals surface area (Å²) >= 11 is 1.47. The van der Waals surface area contributed by atoms with Crippen molar-refractivity contribution in [2.45, 2.75) is 32.0 Å². The molecule has 0 aromatic carbocycles. The van der Waals surface area contributed by atoms with Crippen LogP contribution in [0, 0.1) is 0 Å². The molecule has 1 aromatic heterocycles. The number of hydrogen-bond acceptors (Lipinski definition) is 6. The van der Waals surface area contributed by atoms with Crippen LogP contribution in [-0.2, 0) is 0 Å². The molecule has 0 amide bonds. The summed E-state index contributed by atoms with van der Waals surface area (Å²) in [6, 6.07) is 0.375. The molecule has 0 spiro atoms. The number of rotatable bonds is 5. The SMILES string of the molecule is CCNc1nc(OC(C)C)nc(SC)n1. The van der Waals surface area contributed by atoms with Crippen molar-refractivity contribution in [1.82, 2.24) is 15.0 Å². The quantitative estimate of drug-likeness (QED) is 0.776. The van der Waals surface area contributed by atoms with Gasteiger partial charge in [-0.25, -0.2) is 0 Å². The van der Waals surface area contributed by atoms with Gasteiger partial charge in [0.25, 0.3) is 0 Å². The molecule has 84 valence electrons. The van der Waals surface area contributed by atoms with Gasteiger partial charge in [-0.15, -0.1) is 0 Å². The predicted molar refractivity (Wildman–Crippen MR) is 61.5 cm³/mol. The molecule has 0 saturated heterocycles. The van der Waals surface area contributed by atoms with Crippen LogP contribution < -0.4 is 10.1 Å². The Bertz CT molecular complexity index is 319. The molecule has 0 aliphatic carbocycles. The maximum Gasteiger partial charge on any atom is 0.322 e. The highest BCUT2D eigenvalue weighted by Gasteiger charge is 2.07. The number of thioether (sulfide) groups is 1. The Labute approximate surface area is 94.1 Å². The highest BCUT2D eigenvalue weighted by molar-refractivity contribution is 7.98. The summed E-state index contributed by atoms with van der Waals surface area (Å²) in [6.45, 7) is 6.65. The molecule has 6 heteroatoms. The number of ether oxygens (including phenoxy) is 1. The fourth-order valence-electron chi connectivity index (χ4n) is 0.930. The Kier molecular flexibility index (Phi) is 4.61. The fraction of sp³-hybridized carbons (Fsp3) is 0.667. The predicted octanol–water partition coefficient (Wildman–Crippen LogP) is 1.81. The summed E-state index contributed by atoms with van der Waals surface area (Å²) in [5.41, 5.74) is 0. The largest absolute Gasteiger partial charge is 0.461 e. The van der Waals surface area contributed by atoms with E-state index < -0.39 is 0 Å². The Morgan fingerprint density at radius 2 is 2.07 bits per heavy atom. The number of nitrogens with zero attached hydrogens (tertiary/aromatic N) is 3. The van der Waals surface area contributed by atoms with Gasteiger partial charge in [0.15, 0.2) is 5.16 Å². The summed E-state index contributed by atoms with van der Waals surface area (Å²) in [4.78, 5) is 12.5. The molecule has 0 aliphatic heterocycles. The molecule has 15 heavy (non-hydrogen) atoms. The molecular weight excluding hydrogens is 212 g/mol. The lowest BCUT2D eigenvalue weighted by molar-refractivity contribution is 0.219. The van der Waals surface area contributed by atoms with E-state index in [0.29, 0.717) is 17.1 Å². The van der Waals surface area contributed by atoms with Crippen molar-refractivity contribution in [3.8, 4) is 6.01 Å². The minimum absolute atomic E-state index is 0.0663. The van der Waals surface area contributed by atoms with E-state index in [9.17, 15) is 0 Å². The van der Waals surface area contributed by atoms with Crippen molar-refractivity contribution >= 4 is 17.7 Å². The summed E-state index contributed by atoms with van der Waals surface area (Å²) in [5.74, 6) is 0.562. The molecule has 0 radical (unpaired) electrons.